The summed E-state index contributed by atoms with van der Waals surface area (Å²) in [4.78, 5) is 44.7. The molecule has 0 bridgehead atoms. The summed E-state index contributed by atoms with van der Waals surface area (Å²) >= 11 is 0. The molecule has 13 nitrogen and oxygen atoms in total. The number of carbonyl (C=O) groups excluding carboxylic acids is 3. The maximum atomic E-state index is 14.5. The zero-order chi connectivity index (χ0) is 34.1. The first-order chi connectivity index (χ1) is 21.3. The van der Waals surface area contributed by atoms with Crippen molar-refractivity contribution in [2.75, 3.05) is 55.6 Å². The summed E-state index contributed by atoms with van der Waals surface area (Å²) in [6.45, 7) is 9.90. The van der Waals surface area contributed by atoms with Crippen LogP contribution in [0.3, 0.4) is 0 Å². The van der Waals surface area contributed by atoms with Gasteiger partial charge in [-0.1, -0.05) is 17.7 Å². The van der Waals surface area contributed by atoms with Crippen LogP contribution in [0.5, 0.6) is 5.75 Å². The van der Waals surface area contributed by atoms with Gasteiger partial charge < -0.3 is 24.6 Å². The molecule has 2 aliphatic rings. The second kappa shape index (κ2) is 13.3. The van der Waals surface area contributed by atoms with Gasteiger partial charge in [-0.2, -0.15) is 0 Å². The van der Waals surface area contributed by atoms with E-state index in [1.807, 2.05) is 7.05 Å². The number of amides is 1. The number of ether oxygens (including phenoxy) is 2. The second-order valence-electron chi connectivity index (χ2n) is 12.8. The van der Waals surface area contributed by atoms with Crippen LogP contribution in [0.15, 0.2) is 53.4 Å². The number of benzene rings is 2. The number of sulfonamides is 1. The molecule has 0 saturated carbocycles. The Morgan fingerprint density at radius 3 is 2.07 bits per heavy atom. The standard InChI is InChI=1S/C31H42N4O9S2/c1-22-7-13-25(14-8-22)46(41,42)35(23-9-11-24(12-10-23)43-29(38)34-18-16-33(6)17-19-34)31(5,28(37)44-30(2,3)4)27(36)26-21-45(39,40)20-15-32-26/h7-14,26,32H,15-21H2,1-6H3/t26?,31-/m1/s1. The summed E-state index contributed by atoms with van der Waals surface area (Å²) < 4.78 is 66.0. The van der Waals surface area contributed by atoms with Crippen LogP contribution in [0.25, 0.3) is 0 Å². The van der Waals surface area contributed by atoms with Gasteiger partial charge in [-0.3, -0.25) is 4.79 Å². The third kappa shape index (κ3) is 7.88. The molecular formula is C31H42N4O9S2. The monoisotopic (exact) mass is 678 g/mol. The Hall–Kier alpha value is -3.53. The number of anilines is 1. The Labute approximate surface area is 270 Å². The molecule has 2 atom stereocenters. The Kier molecular flexibility index (Phi) is 10.2. The third-order valence-corrected chi connectivity index (χ3v) is 11.4. The summed E-state index contributed by atoms with van der Waals surface area (Å²) in [6.07, 6.45) is -0.566. The van der Waals surface area contributed by atoms with Gasteiger partial charge in [0.25, 0.3) is 10.0 Å². The Balaban J connectivity index is 1.83. The number of esters is 1. The largest absolute Gasteiger partial charge is 0.458 e. The number of aryl methyl sites for hydroxylation is 1. The van der Waals surface area contributed by atoms with Crippen molar-refractivity contribution in [3.63, 3.8) is 0 Å². The Morgan fingerprint density at radius 1 is 0.935 bits per heavy atom. The molecule has 1 unspecified atom stereocenters. The highest BCUT2D eigenvalue weighted by molar-refractivity contribution is 7.93. The molecule has 0 aliphatic carbocycles. The number of sulfone groups is 1. The van der Waals surface area contributed by atoms with E-state index < -0.39 is 60.6 Å². The molecule has 46 heavy (non-hydrogen) atoms. The van der Waals surface area contributed by atoms with Crippen molar-refractivity contribution in [3.05, 3.63) is 54.1 Å². The van der Waals surface area contributed by atoms with Gasteiger partial charge >= 0.3 is 12.1 Å². The van der Waals surface area contributed by atoms with Crippen LogP contribution in [0, 0.1) is 6.92 Å². The minimum Gasteiger partial charge on any atom is -0.458 e. The molecule has 2 saturated heterocycles. The van der Waals surface area contributed by atoms with E-state index in [1.54, 1.807) is 44.7 Å². The lowest BCUT2D eigenvalue weighted by molar-refractivity contribution is -0.163. The van der Waals surface area contributed by atoms with Gasteiger partial charge in [0.05, 0.1) is 28.1 Å². The lowest BCUT2D eigenvalue weighted by atomic mass is 9.90. The molecule has 2 aliphatic heterocycles. The normalized spacial score (nSPS) is 20.3. The summed E-state index contributed by atoms with van der Waals surface area (Å²) in [5.41, 5.74) is -3.04. The van der Waals surface area contributed by atoms with Gasteiger partial charge in [-0.05, 0) is 78.1 Å². The molecule has 0 spiro atoms. The summed E-state index contributed by atoms with van der Waals surface area (Å²) in [6, 6.07) is 9.84. The number of piperazine rings is 1. The molecule has 1 amide bonds. The quantitative estimate of drug-likeness (QED) is 0.321. The number of nitrogens with one attached hydrogen (secondary N) is 1. The van der Waals surface area contributed by atoms with Crippen molar-refractivity contribution in [2.45, 2.75) is 56.7 Å². The van der Waals surface area contributed by atoms with E-state index in [1.165, 1.54) is 36.4 Å². The van der Waals surface area contributed by atoms with E-state index in [9.17, 15) is 31.2 Å². The lowest BCUT2D eigenvalue weighted by Gasteiger charge is -2.42. The van der Waals surface area contributed by atoms with E-state index in [2.05, 4.69) is 10.2 Å². The van der Waals surface area contributed by atoms with Gasteiger partial charge in [-0.25, -0.2) is 30.7 Å². The number of hydrogen-bond acceptors (Lipinski definition) is 11. The van der Waals surface area contributed by atoms with Crippen molar-refractivity contribution in [3.8, 4) is 5.75 Å². The van der Waals surface area contributed by atoms with Gasteiger partial charge in [0, 0.05) is 32.7 Å². The number of rotatable bonds is 8. The molecule has 2 fully saturated rings. The van der Waals surface area contributed by atoms with E-state index in [0.717, 1.165) is 12.5 Å². The van der Waals surface area contributed by atoms with Crippen LogP contribution in [0.1, 0.15) is 33.3 Å². The molecule has 2 aromatic carbocycles. The van der Waals surface area contributed by atoms with Crippen LogP contribution in [-0.2, 0) is 34.2 Å². The van der Waals surface area contributed by atoms with Crippen molar-refractivity contribution in [2.24, 2.45) is 0 Å². The minimum atomic E-state index is -4.69. The van der Waals surface area contributed by atoms with Crippen molar-refractivity contribution in [1.29, 1.82) is 0 Å². The first-order valence-electron chi connectivity index (χ1n) is 14.9. The molecule has 2 heterocycles. The second-order valence-corrected chi connectivity index (χ2v) is 16.8. The lowest BCUT2D eigenvalue weighted by Crippen LogP contribution is -2.67. The third-order valence-electron chi connectivity index (χ3n) is 7.82. The smallest absolute Gasteiger partial charge is 0.415 e. The number of hydrogen-bond donors (Lipinski definition) is 1. The van der Waals surface area contributed by atoms with E-state index in [0.29, 0.717) is 30.5 Å². The summed E-state index contributed by atoms with van der Waals surface area (Å²) in [5.74, 6) is -2.89. The Bertz CT molecular complexity index is 1660. The van der Waals surface area contributed by atoms with Gasteiger partial charge in [0.2, 0.25) is 5.54 Å². The van der Waals surface area contributed by atoms with Crippen molar-refractivity contribution in [1.82, 2.24) is 15.1 Å². The number of ketones is 1. The highest BCUT2D eigenvalue weighted by Crippen LogP contribution is 2.36. The number of Topliss-reactive ketones (excluding diaryl/α,β-unsaturated/α-hetero) is 1. The molecule has 252 valence electrons. The van der Waals surface area contributed by atoms with Crippen molar-refractivity contribution >= 4 is 43.4 Å². The first-order valence-corrected chi connectivity index (χ1v) is 18.2. The fraction of sp³-hybridized carbons (Fsp3) is 0.516. The van der Waals surface area contributed by atoms with Gasteiger partial charge in [0.1, 0.15) is 11.4 Å². The van der Waals surface area contributed by atoms with Crippen LogP contribution in [0.4, 0.5) is 10.5 Å². The van der Waals surface area contributed by atoms with Crippen LogP contribution in [-0.4, -0.2) is 113 Å². The van der Waals surface area contributed by atoms with Crippen LogP contribution in [0.2, 0.25) is 0 Å². The minimum absolute atomic E-state index is 0.0543. The summed E-state index contributed by atoms with van der Waals surface area (Å²) in [5, 5.41) is 2.84. The maximum absolute atomic E-state index is 14.5. The number of likely N-dealkylation sites (N-methyl/N-ethyl adjacent to an activating group) is 1. The van der Waals surface area contributed by atoms with Crippen LogP contribution < -0.4 is 14.4 Å². The van der Waals surface area contributed by atoms with Gasteiger partial charge in [0.15, 0.2) is 15.6 Å². The highest BCUT2D eigenvalue weighted by Gasteiger charge is 2.57. The zero-order valence-electron chi connectivity index (χ0n) is 27.0. The van der Waals surface area contributed by atoms with E-state index >= 15 is 0 Å². The SMILES string of the molecule is Cc1ccc(S(=O)(=O)N(c2ccc(OC(=O)N3CCN(C)CC3)cc2)[C@@](C)(C(=O)OC(C)(C)C)C(=O)C2CS(=O)(=O)CCN2)cc1. The molecule has 15 heteroatoms. The van der Waals surface area contributed by atoms with Gasteiger partial charge in [-0.15, -0.1) is 0 Å². The molecular weight excluding hydrogens is 636 g/mol. The summed E-state index contributed by atoms with van der Waals surface area (Å²) in [7, 11) is -6.40. The molecule has 4 rings (SSSR count). The van der Waals surface area contributed by atoms with Crippen LogP contribution >= 0.6 is 0 Å². The number of nitrogens with zero attached hydrogens (tertiary/aromatic N) is 3. The fourth-order valence-electron chi connectivity index (χ4n) is 5.21. The molecule has 1 N–H and O–H groups in total. The Morgan fingerprint density at radius 2 is 1.52 bits per heavy atom. The fourth-order valence-corrected chi connectivity index (χ4v) is 8.32. The predicted molar refractivity (Wildman–Crippen MR) is 172 cm³/mol. The number of carbonyl (C=O) groups is 3. The average Bonchev–Trinajstić information content (AvgIpc) is 2.96. The van der Waals surface area contributed by atoms with E-state index in [4.69, 9.17) is 9.47 Å². The van der Waals surface area contributed by atoms with E-state index in [-0.39, 0.29) is 28.6 Å². The topological polar surface area (TPSA) is 160 Å². The molecule has 0 aromatic heterocycles. The zero-order valence-corrected chi connectivity index (χ0v) is 28.6. The highest BCUT2D eigenvalue weighted by atomic mass is 32.2. The maximum Gasteiger partial charge on any atom is 0.415 e. The molecule has 0 radical (unpaired) electrons. The predicted octanol–water partition coefficient (Wildman–Crippen LogP) is 1.99. The average molecular weight is 679 g/mol. The first kappa shape index (κ1) is 35.3. The molecule has 2 aromatic rings. The van der Waals surface area contributed by atoms with Crippen molar-refractivity contribution < 1.29 is 40.7 Å².